The molecular weight excluding hydrogens is 388 g/mol. The van der Waals surface area contributed by atoms with Crippen LogP contribution in [0.1, 0.15) is 54.3 Å². The molecular formula is C22H24N2O6. The van der Waals surface area contributed by atoms with Gasteiger partial charge in [-0.3, -0.25) is 9.59 Å². The van der Waals surface area contributed by atoms with Gasteiger partial charge in [0.05, 0.1) is 0 Å². The largest absolute Gasteiger partial charge is 0.475 e. The molecule has 2 unspecified atom stereocenters. The number of carboxylic acid groups (broad SMARTS) is 1. The van der Waals surface area contributed by atoms with Gasteiger partial charge < -0.3 is 20.9 Å². The molecule has 158 valence electrons. The van der Waals surface area contributed by atoms with E-state index in [1.807, 2.05) is 0 Å². The second-order valence-electron chi connectivity index (χ2n) is 7.62. The molecule has 0 spiro atoms. The van der Waals surface area contributed by atoms with Crippen molar-refractivity contribution in [1.29, 1.82) is 0 Å². The van der Waals surface area contributed by atoms with E-state index in [2.05, 4.69) is 5.32 Å². The number of ether oxygens (including phenoxy) is 1. The van der Waals surface area contributed by atoms with Crippen LogP contribution in [0.2, 0.25) is 0 Å². The molecule has 2 atom stereocenters. The molecule has 30 heavy (non-hydrogen) atoms. The summed E-state index contributed by atoms with van der Waals surface area (Å²) in [7, 11) is 0. The molecule has 0 heterocycles. The number of hydrogen-bond donors (Lipinski definition) is 3. The Bertz CT molecular complexity index is 932. The van der Waals surface area contributed by atoms with Crippen molar-refractivity contribution in [2.75, 3.05) is 0 Å². The number of rotatable bonds is 7. The maximum atomic E-state index is 12.4. The summed E-state index contributed by atoms with van der Waals surface area (Å²) in [6.07, 6.45) is 0. The van der Waals surface area contributed by atoms with E-state index in [1.165, 1.54) is 24.3 Å². The van der Waals surface area contributed by atoms with E-state index in [-0.39, 0.29) is 11.1 Å². The van der Waals surface area contributed by atoms with E-state index in [1.54, 1.807) is 51.1 Å². The van der Waals surface area contributed by atoms with Crippen molar-refractivity contribution >= 4 is 23.6 Å². The Balaban J connectivity index is 2.25. The zero-order valence-electron chi connectivity index (χ0n) is 16.9. The fraction of sp³-hybridized carbons (Fsp3) is 0.273. The summed E-state index contributed by atoms with van der Waals surface area (Å²) in [4.78, 5) is 48.0. The average Bonchev–Trinajstić information content (AvgIpc) is 2.70. The number of nitrogens with one attached hydrogen (secondary N) is 1. The summed E-state index contributed by atoms with van der Waals surface area (Å²) in [5.74, 6) is -4.08. The van der Waals surface area contributed by atoms with Crippen molar-refractivity contribution < 1.29 is 29.0 Å². The van der Waals surface area contributed by atoms with Crippen molar-refractivity contribution in [3.8, 4) is 0 Å². The normalized spacial score (nSPS) is 13.1. The summed E-state index contributed by atoms with van der Waals surface area (Å²) >= 11 is 0. The first-order valence-corrected chi connectivity index (χ1v) is 9.21. The first-order chi connectivity index (χ1) is 14.0. The van der Waals surface area contributed by atoms with Crippen LogP contribution in [0, 0.1) is 0 Å². The minimum atomic E-state index is -1.68. The van der Waals surface area contributed by atoms with Gasteiger partial charge in [0.25, 0.3) is 11.7 Å². The van der Waals surface area contributed by atoms with Crippen LogP contribution in [0.25, 0.3) is 0 Å². The Labute approximate surface area is 174 Å². The molecule has 0 saturated carbocycles. The van der Waals surface area contributed by atoms with Crippen LogP contribution in [0.5, 0.6) is 0 Å². The molecule has 0 aliphatic rings. The van der Waals surface area contributed by atoms with Gasteiger partial charge in [-0.05, 0) is 44.0 Å². The molecule has 8 nitrogen and oxygen atoms in total. The molecule has 0 aromatic heterocycles. The van der Waals surface area contributed by atoms with Crippen LogP contribution in [0.3, 0.4) is 0 Å². The number of carbonyl (C=O) groups is 4. The highest BCUT2D eigenvalue weighted by molar-refractivity contribution is 6.35. The Hall–Kier alpha value is -3.52. The van der Waals surface area contributed by atoms with Crippen molar-refractivity contribution in [1.82, 2.24) is 5.32 Å². The minimum absolute atomic E-state index is 0.242. The number of carbonyl (C=O) groups excluding carboxylic acids is 3. The first-order valence-electron chi connectivity index (χ1n) is 9.21. The lowest BCUT2D eigenvalue weighted by Gasteiger charge is -2.22. The van der Waals surface area contributed by atoms with Crippen LogP contribution in [-0.4, -0.2) is 34.3 Å². The molecule has 0 fully saturated rings. The standard InChI is InChI=1S/C22H24N2O6/c1-22(2,3)30-21(29)16(23)13-9-11-14(12-10-13)17(18(25)20(27)28)24-19(26)15-7-5-4-6-8-15/h4-12,16-17H,23H2,1-3H3,(H,24,26)(H,27,28). The molecule has 2 rings (SSSR count). The highest BCUT2D eigenvalue weighted by Crippen LogP contribution is 2.21. The molecule has 2 aromatic carbocycles. The quantitative estimate of drug-likeness (QED) is 0.468. The summed E-state index contributed by atoms with van der Waals surface area (Å²) in [6, 6.07) is 11.5. The van der Waals surface area contributed by atoms with Crippen LogP contribution in [0.4, 0.5) is 0 Å². The lowest BCUT2D eigenvalue weighted by molar-refractivity contribution is -0.156. The van der Waals surface area contributed by atoms with E-state index in [9.17, 15) is 19.2 Å². The third-order valence-electron chi connectivity index (χ3n) is 4.07. The zero-order valence-corrected chi connectivity index (χ0v) is 16.9. The number of nitrogens with two attached hydrogens (primary N) is 1. The monoisotopic (exact) mass is 412 g/mol. The fourth-order valence-electron chi connectivity index (χ4n) is 2.62. The molecule has 0 aliphatic carbocycles. The summed E-state index contributed by atoms with van der Waals surface area (Å²) in [5.41, 5.74) is 6.18. The topological polar surface area (TPSA) is 136 Å². The second kappa shape index (κ2) is 9.32. The highest BCUT2D eigenvalue weighted by Gasteiger charge is 2.29. The van der Waals surface area contributed by atoms with Crippen molar-refractivity contribution in [2.45, 2.75) is 38.5 Å². The zero-order chi connectivity index (χ0) is 22.5. The molecule has 0 saturated heterocycles. The number of Topliss-reactive ketones (excluding diaryl/α,β-unsaturated/α-hetero) is 1. The fourth-order valence-corrected chi connectivity index (χ4v) is 2.62. The first kappa shape index (κ1) is 22.8. The lowest BCUT2D eigenvalue weighted by atomic mass is 9.98. The number of benzene rings is 2. The number of ketones is 1. The van der Waals surface area contributed by atoms with E-state index in [0.29, 0.717) is 5.56 Å². The Morgan fingerprint density at radius 2 is 1.47 bits per heavy atom. The van der Waals surface area contributed by atoms with Gasteiger partial charge in [0.2, 0.25) is 0 Å². The van der Waals surface area contributed by atoms with Crippen molar-refractivity contribution in [3.05, 3.63) is 71.3 Å². The SMILES string of the molecule is CC(C)(C)OC(=O)C(N)c1ccc(C(NC(=O)c2ccccc2)C(=O)C(=O)O)cc1. The smallest absolute Gasteiger partial charge is 0.374 e. The van der Waals surface area contributed by atoms with Gasteiger partial charge in [0.1, 0.15) is 17.7 Å². The van der Waals surface area contributed by atoms with E-state index in [4.69, 9.17) is 15.6 Å². The Morgan fingerprint density at radius 3 is 1.97 bits per heavy atom. The van der Waals surface area contributed by atoms with Gasteiger partial charge in [-0.1, -0.05) is 42.5 Å². The Morgan fingerprint density at radius 1 is 0.933 bits per heavy atom. The molecule has 0 radical (unpaired) electrons. The third kappa shape index (κ3) is 5.99. The molecule has 4 N–H and O–H groups in total. The highest BCUT2D eigenvalue weighted by atomic mass is 16.6. The van der Waals surface area contributed by atoms with E-state index < -0.39 is 41.3 Å². The van der Waals surface area contributed by atoms with Gasteiger partial charge in [-0.25, -0.2) is 9.59 Å². The summed E-state index contributed by atoms with van der Waals surface area (Å²) < 4.78 is 5.25. The third-order valence-corrected chi connectivity index (χ3v) is 4.07. The maximum Gasteiger partial charge on any atom is 0.374 e. The van der Waals surface area contributed by atoms with Gasteiger partial charge in [0, 0.05) is 5.56 Å². The van der Waals surface area contributed by atoms with Crippen LogP contribution >= 0.6 is 0 Å². The van der Waals surface area contributed by atoms with Crippen molar-refractivity contribution in [2.24, 2.45) is 5.73 Å². The van der Waals surface area contributed by atoms with Gasteiger partial charge in [-0.2, -0.15) is 0 Å². The lowest BCUT2D eigenvalue weighted by Crippen LogP contribution is -2.37. The molecule has 8 heteroatoms. The summed E-state index contributed by atoms with van der Waals surface area (Å²) in [5, 5.41) is 11.6. The molecule has 1 amide bonds. The molecule has 2 aromatic rings. The number of hydrogen-bond acceptors (Lipinski definition) is 6. The van der Waals surface area contributed by atoms with Gasteiger partial charge in [0.15, 0.2) is 0 Å². The van der Waals surface area contributed by atoms with E-state index >= 15 is 0 Å². The molecule has 0 bridgehead atoms. The predicted octanol–water partition coefficient (Wildman–Crippen LogP) is 2.15. The Kier molecular flexibility index (Phi) is 7.07. The average molecular weight is 412 g/mol. The second-order valence-corrected chi connectivity index (χ2v) is 7.62. The van der Waals surface area contributed by atoms with Crippen LogP contribution < -0.4 is 11.1 Å². The van der Waals surface area contributed by atoms with E-state index in [0.717, 1.165) is 0 Å². The van der Waals surface area contributed by atoms with Crippen LogP contribution in [0.15, 0.2) is 54.6 Å². The minimum Gasteiger partial charge on any atom is -0.475 e. The number of aliphatic carboxylic acids is 1. The van der Waals surface area contributed by atoms with Crippen LogP contribution in [-0.2, 0) is 19.1 Å². The number of amides is 1. The van der Waals surface area contributed by atoms with Gasteiger partial charge in [-0.15, -0.1) is 0 Å². The maximum absolute atomic E-state index is 12.4. The summed E-state index contributed by atoms with van der Waals surface area (Å²) in [6.45, 7) is 5.16. The predicted molar refractivity (Wildman–Crippen MR) is 109 cm³/mol. The van der Waals surface area contributed by atoms with Gasteiger partial charge >= 0.3 is 11.9 Å². The number of carboxylic acids is 1. The molecule has 0 aliphatic heterocycles. The van der Waals surface area contributed by atoms with Crippen molar-refractivity contribution in [3.63, 3.8) is 0 Å². The number of esters is 1.